The van der Waals surface area contributed by atoms with E-state index in [1.165, 1.54) is 12.3 Å². The van der Waals surface area contributed by atoms with E-state index >= 15 is 0 Å². The first-order valence-corrected chi connectivity index (χ1v) is 5.31. The Labute approximate surface area is 100.0 Å². The molecule has 1 N–H and O–H groups in total. The highest BCUT2D eigenvalue weighted by atomic mass is 79.9. The minimum absolute atomic E-state index is 0.155. The number of nitrogens with one attached hydrogen (secondary N) is 1. The highest BCUT2D eigenvalue weighted by molar-refractivity contribution is 9.10. The zero-order valence-electron chi connectivity index (χ0n) is 8.40. The summed E-state index contributed by atoms with van der Waals surface area (Å²) in [5, 5.41) is 6.06. The van der Waals surface area contributed by atoms with Crippen molar-refractivity contribution in [2.45, 2.75) is 6.92 Å². The van der Waals surface area contributed by atoms with Crippen molar-refractivity contribution < 1.29 is 9.32 Å². The van der Waals surface area contributed by atoms with Crippen LogP contribution in [0.4, 0.5) is 5.82 Å². The lowest BCUT2D eigenvalue weighted by Gasteiger charge is -2.03. The molecule has 0 aliphatic carbocycles. The third-order valence-electron chi connectivity index (χ3n) is 1.92. The van der Waals surface area contributed by atoms with E-state index in [4.69, 9.17) is 4.52 Å². The summed E-state index contributed by atoms with van der Waals surface area (Å²) in [5.74, 6) is 0.260. The van der Waals surface area contributed by atoms with Crippen LogP contribution < -0.4 is 5.32 Å². The Hall–Kier alpha value is -1.69. The molecule has 0 saturated heterocycles. The quantitative estimate of drug-likeness (QED) is 0.918. The van der Waals surface area contributed by atoms with E-state index in [1.807, 2.05) is 13.0 Å². The average Bonchev–Trinajstić information content (AvgIpc) is 2.77. The molecule has 0 saturated carbocycles. The Morgan fingerprint density at radius 2 is 2.25 bits per heavy atom. The lowest BCUT2D eigenvalue weighted by molar-refractivity contribution is 0.0987. The summed E-state index contributed by atoms with van der Waals surface area (Å²) in [7, 11) is 0. The molecule has 2 heterocycles. The minimum atomic E-state index is -0.369. The van der Waals surface area contributed by atoms with Gasteiger partial charge in [0, 0.05) is 10.5 Å². The van der Waals surface area contributed by atoms with Crippen LogP contribution in [0.15, 0.2) is 33.4 Å². The summed E-state index contributed by atoms with van der Waals surface area (Å²) in [6, 6.07) is 5.00. The molecule has 0 unspecified atom stereocenters. The van der Waals surface area contributed by atoms with Crippen molar-refractivity contribution in [3.05, 3.63) is 40.3 Å². The zero-order chi connectivity index (χ0) is 11.5. The number of carbonyl (C=O) groups excluding carboxylic acids is 1. The van der Waals surface area contributed by atoms with Gasteiger partial charge in [0.25, 0.3) is 5.91 Å². The number of aromatic nitrogens is 2. The van der Waals surface area contributed by atoms with Crippen LogP contribution in [0.2, 0.25) is 0 Å². The Kier molecular flexibility index (Phi) is 3.00. The lowest BCUT2D eigenvalue weighted by Crippen LogP contribution is -2.12. The monoisotopic (exact) mass is 281 g/mol. The second kappa shape index (κ2) is 4.44. The predicted molar refractivity (Wildman–Crippen MR) is 61.1 cm³/mol. The molecule has 2 aromatic rings. The van der Waals surface area contributed by atoms with Crippen LogP contribution in [-0.2, 0) is 0 Å². The van der Waals surface area contributed by atoms with E-state index in [0.29, 0.717) is 5.82 Å². The maximum Gasteiger partial charge on any atom is 0.295 e. The number of hydrogen-bond donors (Lipinski definition) is 1. The fraction of sp³-hybridized carbons (Fsp3) is 0.100. The molecule has 0 fully saturated rings. The maximum atomic E-state index is 11.6. The van der Waals surface area contributed by atoms with Gasteiger partial charge in [-0.1, -0.05) is 5.16 Å². The first-order chi connectivity index (χ1) is 7.66. The van der Waals surface area contributed by atoms with Gasteiger partial charge in [0.05, 0.1) is 11.9 Å². The van der Waals surface area contributed by atoms with Crippen molar-refractivity contribution in [1.82, 2.24) is 10.1 Å². The van der Waals surface area contributed by atoms with Crippen LogP contribution in [0.25, 0.3) is 0 Å². The standard InChI is InChI=1S/C10H8BrN3O2/c1-6-7(11)2-3-9(13-6)14-10(15)8-4-5-12-16-8/h2-5H,1H3,(H,13,14,15). The number of rotatable bonds is 2. The molecule has 0 aliphatic rings. The summed E-state index contributed by atoms with van der Waals surface area (Å²) < 4.78 is 5.62. The van der Waals surface area contributed by atoms with Gasteiger partial charge in [0.1, 0.15) is 5.82 Å². The molecule has 0 bridgehead atoms. The number of pyridine rings is 1. The predicted octanol–water partition coefficient (Wildman–Crippen LogP) is 2.39. The lowest BCUT2D eigenvalue weighted by atomic mass is 10.3. The van der Waals surface area contributed by atoms with Crippen molar-refractivity contribution >= 4 is 27.7 Å². The van der Waals surface area contributed by atoms with E-state index in [9.17, 15) is 4.79 Å². The maximum absolute atomic E-state index is 11.6. The molecule has 5 nitrogen and oxygen atoms in total. The van der Waals surface area contributed by atoms with Gasteiger partial charge in [-0.2, -0.15) is 0 Å². The molecule has 2 aromatic heterocycles. The molecule has 16 heavy (non-hydrogen) atoms. The van der Waals surface area contributed by atoms with Crippen molar-refractivity contribution in [2.75, 3.05) is 5.32 Å². The number of aryl methyl sites for hydroxylation is 1. The van der Waals surface area contributed by atoms with Crippen LogP contribution in [0.5, 0.6) is 0 Å². The number of carbonyl (C=O) groups is 1. The molecule has 1 amide bonds. The average molecular weight is 282 g/mol. The van der Waals surface area contributed by atoms with Gasteiger partial charge in [-0.15, -0.1) is 0 Å². The molecular formula is C10H8BrN3O2. The van der Waals surface area contributed by atoms with Crippen molar-refractivity contribution in [3.8, 4) is 0 Å². The fourth-order valence-corrected chi connectivity index (χ4v) is 1.35. The molecule has 2 rings (SSSR count). The number of anilines is 1. The van der Waals surface area contributed by atoms with Gasteiger partial charge < -0.3 is 9.84 Å². The van der Waals surface area contributed by atoms with E-state index in [0.717, 1.165) is 10.2 Å². The highest BCUT2D eigenvalue weighted by Crippen LogP contribution is 2.16. The number of nitrogens with zero attached hydrogens (tertiary/aromatic N) is 2. The minimum Gasteiger partial charge on any atom is -0.351 e. The summed E-state index contributed by atoms with van der Waals surface area (Å²) in [4.78, 5) is 15.8. The Morgan fingerprint density at radius 3 is 2.88 bits per heavy atom. The third kappa shape index (κ3) is 2.27. The Bertz CT molecular complexity index is 511. The SMILES string of the molecule is Cc1nc(NC(=O)c2ccno2)ccc1Br. The van der Waals surface area contributed by atoms with Crippen LogP contribution in [0.1, 0.15) is 16.2 Å². The van der Waals surface area contributed by atoms with E-state index < -0.39 is 0 Å². The smallest absolute Gasteiger partial charge is 0.295 e. The summed E-state index contributed by atoms with van der Waals surface area (Å²) >= 11 is 3.33. The zero-order valence-corrected chi connectivity index (χ0v) is 9.98. The van der Waals surface area contributed by atoms with E-state index in [1.54, 1.807) is 6.07 Å². The second-order valence-electron chi connectivity index (χ2n) is 3.09. The number of hydrogen-bond acceptors (Lipinski definition) is 4. The van der Waals surface area contributed by atoms with Crippen molar-refractivity contribution in [2.24, 2.45) is 0 Å². The number of halogens is 1. The van der Waals surface area contributed by atoms with Crippen LogP contribution in [-0.4, -0.2) is 16.0 Å². The second-order valence-corrected chi connectivity index (χ2v) is 3.95. The van der Waals surface area contributed by atoms with Gasteiger partial charge in [0.2, 0.25) is 5.76 Å². The first kappa shape index (κ1) is 10.8. The normalized spacial score (nSPS) is 10.1. The molecule has 0 atom stereocenters. The van der Waals surface area contributed by atoms with Crippen molar-refractivity contribution in [3.63, 3.8) is 0 Å². The molecule has 0 aromatic carbocycles. The van der Waals surface area contributed by atoms with Gasteiger partial charge in [-0.05, 0) is 35.0 Å². The largest absolute Gasteiger partial charge is 0.351 e. The van der Waals surface area contributed by atoms with Crippen LogP contribution in [0, 0.1) is 6.92 Å². The summed E-state index contributed by atoms with van der Waals surface area (Å²) in [6.45, 7) is 1.84. The highest BCUT2D eigenvalue weighted by Gasteiger charge is 2.10. The van der Waals surface area contributed by atoms with Gasteiger partial charge in [-0.25, -0.2) is 4.98 Å². The van der Waals surface area contributed by atoms with E-state index in [-0.39, 0.29) is 11.7 Å². The topological polar surface area (TPSA) is 68.0 Å². The summed E-state index contributed by atoms with van der Waals surface area (Å²) in [5.41, 5.74) is 0.801. The molecule has 0 spiro atoms. The Balaban J connectivity index is 2.15. The summed E-state index contributed by atoms with van der Waals surface area (Å²) in [6.07, 6.45) is 1.41. The van der Waals surface area contributed by atoms with Gasteiger partial charge in [-0.3, -0.25) is 4.79 Å². The third-order valence-corrected chi connectivity index (χ3v) is 2.76. The van der Waals surface area contributed by atoms with Gasteiger partial charge in [0.15, 0.2) is 0 Å². The molecular weight excluding hydrogens is 274 g/mol. The Morgan fingerprint density at radius 1 is 1.44 bits per heavy atom. The molecule has 82 valence electrons. The fourth-order valence-electron chi connectivity index (χ4n) is 1.12. The molecule has 6 heteroatoms. The molecule has 0 radical (unpaired) electrons. The number of amides is 1. The van der Waals surface area contributed by atoms with E-state index in [2.05, 4.69) is 31.4 Å². The molecule has 0 aliphatic heterocycles. The van der Waals surface area contributed by atoms with Gasteiger partial charge >= 0.3 is 0 Å². The van der Waals surface area contributed by atoms with Crippen LogP contribution >= 0.6 is 15.9 Å². The van der Waals surface area contributed by atoms with Crippen molar-refractivity contribution in [1.29, 1.82) is 0 Å². The first-order valence-electron chi connectivity index (χ1n) is 4.52. The van der Waals surface area contributed by atoms with Crippen LogP contribution in [0.3, 0.4) is 0 Å².